The molecule has 2 rings (SSSR count). The van der Waals surface area contributed by atoms with Gasteiger partial charge < -0.3 is 9.26 Å². The highest BCUT2D eigenvalue weighted by Crippen LogP contribution is 2.29. The predicted molar refractivity (Wildman–Crippen MR) is 84.0 cm³/mol. The van der Waals surface area contributed by atoms with E-state index in [0.29, 0.717) is 37.6 Å². The van der Waals surface area contributed by atoms with Gasteiger partial charge in [-0.3, -0.25) is 0 Å². The molecule has 1 aliphatic rings. The van der Waals surface area contributed by atoms with Crippen LogP contribution in [0.3, 0.4) is 0 Å². The van der Waals surface area contributed by atoms with Crippen LogP contribution in [-0.4, -0.2) is 43.2 Å². The quantitative estimate of drug-likeness (QED) is 0.847. The Bertz CT molecular complexity index is 618. The first-order valence-corrected chi connectivity index (χ1v) is 9.24. The minimum Gasteiger partial charge on any atom is -0.378 e. The van der Waals surface area contributed by atoms with E-state index in [9.17, 15) is 8.42 Å². The summed E-state index contributed by atoms with van der Waals surface area (Å²) >= 11 is 0. The van der Waals surface area contributed by atoms with Gasteiger partial charge in [0.2, 0.25) is 10.0 Å². The van der Waals surface area contributed by atoms with Crippen LogP contribution in [0.2, 0.25) is 0 Å². The van der Waals surface area contributed by atoms with Gasteiger partial charge in [0.1, 0.15) is 17.2 Å². The number of hydrogen-bond donors (Lipinski definition) is 0. The minimum absolute atomic E-state index is 0.137. The van der Waals surface area contributed by atoms with Gasteiger partial charge in [0, 0.05) is 18.0 Å². The summed E-state index contributed by atoms with van der Waals surface area (Å²) in [6.07, 6.45) is 0.707. The second-order valence-corrected chi connectivity index (χ2v) is 9.06. The van der Waals surface area contributed by atoms with Crippen molar-refractivity contribution >= 4 is 10.0 Å². The number of sulfonamides is 1. The van der Waals surface area contributed by atoms with Gasteiger partial charge in [-0.1, -0.05) is 32.9 Å². The molecule has 7 heteroatoms. The smallest absolute Gasteiger partial charge is 0.220 e. The molecule has 0 N–H and O–H groups in total. The molecular formula is C15H26N2O4S. The molecule has 0 amide bonds. The summed E-state index contributed by atoms with van der Waals surface area (Å²) in [5.74, 6) is 0.556. The molecule has 6 nitrogen and oxygen atoms in total. The fourth-order valence-corrected chi connectivity index (χ4v) is 4.40. The summed E-state index contributed by atoms with van der Waals surface area (Å²) in [5, 5.41) is 3.92. The van der Waals surface area contributed by atoms with Crippen molar-refractivity contribution in [3.8, 4) is 0 Å². The zero-order valence-corrected chi connectivity index (χ0v) is 14.9. The van der Waals surface area contributed by atoms with Crippen molar-refractivity contribution in [3.63, 3.8) is 0 Å². The van der Waals surface area contributed by atoms with Crippen molar-refractivity contribution in [2.24, 2.45) is 0 Å². The number of hydrogen-bond acceptors (Lipinski definition) is 5. The Hall–Kier alpha value is -0.920. The molecule has 0 aliphatic carbocycles. The zero-order valence-electron chi connectivity index (χ0n) is 14.0. The monoisotopic (exact) mass is 330 g/mol. The van der Waals surface area contributed by atoms with Crippen molar-refractivity contribution in [1.82, 2.24) is 9.46 Å². The lowest BCUT2D eigenvalue weighted by atomic mass is 9.93. The van der Waals surface area contributed by atoms with Crippen LogP contribution in [-0.2, 0) is 25.9 Å². The first-order chi connectivity index (χ1) is 10.1. The van der Waals surface area contributed by atoms with E-state index in [2.05, 4.69) is 5.16 Å². The average molecular weight is 330 g/mol. The van der Waals surface area contributed by atoms with Gasteiger partial charge in [0.25, 0.3) is 0 Å². The Balaban J connectivity index is 2.22. The van der Waals surface area contributed by atoms with Crippen molar-refractivity contribution < 1.29 is 17.7 Å². The topological polar surface area (TPSA) is 72.6 Å². The van der Waals surface area contributed by atoms with Crippen molar-refractivity contribution in [1.29, 1.82) is 0 Å². The average Bonchev–Trinajstić information content (AvgIpc) is 2.86. The summed E-state index contributed by atoms with van der Waals surface area (Å²) in [6, 6.07) is 1.74. The van der Waals surface area contributed by atoms with E-state index < -0.39 is 15.6 Å². The lowest BCUT2D eigenvalue weighted by Crippen LogP contribution is -2.57. The maximum atomic E-state index is 12.8. The highest BCUT2D eigenvalue weighted by Gasteiger charge is 2.41. The molecule has 1 aromatic rings. The molecule has 0 spiro atoms. The summed E-state index contributed by atoms with van der Waals surface area (Å²) in [7, 11) is -3.46. The SMILES string of the molecule is CCC1(C)COCCN1S(=O)(=O)Cc1cc(C(C)(C)C)on1. The molecule has 1 fully saturated rings. The van der Waals surface area contributed by atoms with Crippen LogP contribution in [0.4, 0.5) is 0 Å². The molecule has 1 unspecified atom stereocenters. The van der Waals surface area contributed by atoms with Gasteiger partial charge in [0.05, 0.1) is 18.8 Å². The number of morpholine rings is 1. The lowest BCUT2D eigenvalue weighted by Gasteiger charge is -2.42. The zero-order chi connectivity index (χ0) is 16.6. The van der Waals surface area contributed by atoms with E-state index in [1.807, 2.05) is 34.6 Å². The summed E-state index contributed by atoms with van der Waals surface area (Å²) in [4.78, 5) is 0. The van der Waals surface area contributed by atoms with Gasteiger partial charge in [0.15, 0.2) is 0 Å². The van der Waals surface area contributed by atoms with Gasteiger partial charge in [-0.05, 0) is 13.3 Å². The number of rotatable bonds is 4. The van der Waals surface area contributed by atoms with Gasteiger partial charge in [-0.25, -0.2) is 8.42 Å². The highest BCUT2D eigenvalue weighted by molar-refractivity contribution is 7.88. The molecule has 2 heterocycles. The molecule has 126 valence electrons. The first kappa shape index (κ1) is 17.4. The van der Waals surface area contributed by atoms with Crippen molar-refractivity contribution in [3.05, 3.63) is 17.5 Å². The fraction of sp³-hybridized carbons (Fsp3) is 0.800. The molecule has 0 saturated carbocycles. The van der Waals surface area contributed by atoms with Gasteiger partial charge >= 0.3 is 0 Å². The van der Waals surface area contributed by atoms with E-state index in [1.165, 1.54) is 0 Å². The summed E-state index contributed by atoms with van der Waals surface area (Å²) in [5.41, 5.74) is -0.227. The molecule has 1 aromatic heterocycles. The molecule has 1 saturated heterocycles. The van der Waals surface area contributed by atoms with Crippen LogP contribution in [0, 0.1) is 0 Å². The predicted octanol–water partition coefficient (Wildman–Crippen LogP) is 2.30. The van der Waals surface area contributed by atoms with Crippen LogP contribution in [0.1, 0.15) is 52.5 Å². The number of ether oxygens (including phenoxy) is 1. The molecular weight excluding hydrogens is 304 g/mol. The first-order valence-electron chi connectivity index (χ1n) is 7.63. The normalized spacial score (nSPS) is 24.6. The summed E-state index contributed by atoms with van der Waals surface area (Å²) in [6.45, 7) is 11.1. The van der Waals surface area contributed by atoms with E-state index in [1.54, 1.807) is 10.4 Å². The van der Waals surface area contributed by atoms with E-state index >= 15 is 0 Å². The Labute approximate surface area is 132 Å². The summed E-state index contributed by atoms with van der Waals surface area (Å²) < 4.78 is 37.9. The molecule has 0 aromatic carbocycles. The Kier molecular flexibility index (Phi) is 4.71. The number of aromatic nitrogens is 1. The molecule has 1 atom stereocenters. The van der Waals surface area contributed by atoms with Crippen LogP contribution in [0.15, 0.2) is 10.6 Å². The Morgan fingerprint density at radius 2 is 2.09 bits per heavy atom. The van der Waals surface area contributed by atoms with Crippen LogP contribution in [0.25, 0.3) is 0 Å². The molecule has 0 bridgehead atoms. The van der Waals surface area contributed by atoms with Gasteiger partial charge in [-0.15, -0.1) is 0 Å². The second kappa shape index (κ2) is 5.94. The standard InChI is InChI=1S/C15H26N2O4S/c1-6-15(5)11-20-8-7-17(15)22(18,19)10-12-9-13(21-16-12)14(2,3)4/h9H,6-8,10-11H2,1-5H3. The van der Waals surface area contributed by atoms with E-state index in [-0.39, 0.29) is 11.2 Å². The van der Waals surface area contributed by atoms with E-state index in [0.717, 1.165) is 0 Å². The van der Waals surface area contributed by atoms with Crippen LogP contribution >= 0.6 is 0 Å². The minimum atomic E-state index is -3.46. The number of nitrogens with zero attached hydrogens (tertiary/aromatic N) is 2. The molecule has 0 radical (unpaired) electrons. The van der Waals surface area contributed by atoms with E-state index in [4.69, 9.17) is 9.26 Å². The van der Waals surface area contributed by atoms with Crippen molar-refractivity contribution in [2.75, 3.05) is 19.8 Å². The third-order valence-electron chi connectivity index (χ3n) is 4.18. The fourth-order valence-electron chi connectivity index (χ4n) is 2.53. The molecule has 1 aliphatic heterocycles. The Morgan fingerprint density at radius 3 is 2.64 bits per heavy atom. The largest absolute Gasteiger partial charge is 0.378 e. The van der Waals surface area contributed by atoms with Crippen LogP contribution in [0.5, 0.6) is 0 Å². The Morgan fingerprint density at radius 1 is 1.41 bits per heavy atom. The second-order valence-electron chi connectivity index (χ2n) is 7.16. The van der Waals surface area contributed by atoms with Crippen molar-refractivity contribution in [2.45, 2.75) is 57.7 Å². The lowest BCUT2D eigenvalue weighted by molar-refractivity contribution is -0.0187. The maximum Gasteiger partial charge on any atom is 0.220 e. The highest BCUT2D eigenvalue weighted by atomic mass is 32.2. The van der Waals surface area contributed by atoms with Gasteiger partial charge in [-0.2, -0.15) is 4.31 Å². The maximum absolute atomic E-state index is 12.8. The molecule has 22 heavy (non-hydrogen) atoms. The third kappa shape index (κ3) is 3.52. The van der Waals surface area contributed by atoms with Crippen LogP contribution < -0.4 is 0 Å². The third-order valence-corrected chi connectivity index (χ3v) is 6.14.